The fourth-order valence-electron chi connectivity index (χ4n) is 3.78. The van der Waals surface area contributed by atoms with Crippen molar-refractivity contribution in [2.24, 2.45) is 0 Å². The van der Waals surface area contributed by atoms with Crippen molar-refractivity contribution in [1.82, 2.24) is 0 Å². The molecule has 2 aromatic rings. The molecular weight excluding hydrogens is 451 g/mol. The number of benzene rings is 2. The van der Waals surface area contributed by atoms with Gasteiger partial charge in [0.2, 0.25) is 0 Å². The summed E-state index contributed by atoms with van der Waals surface area (Å²) in [5.74, 6) is -0.638. The molecule has 0 radical (unpaired) electrons. The molecule has 0 amide bonds. The fourth-order valence-corrected chi connectivity index (χ4v) is 4.43. The Bertz CT molecular complexity index is 920. The molecule has 1 aliphatic rings. The second-order valence-electron chi connectivity index (χ2n) is 8.15. The van der Waals surface area contributed by atoms with Crippen LogP contribution in [0, 0.1) is 0 Å². The normalized spacial score (nSPS) is 21.4. The van der Waals surface area contributed by atoms with E-state index in [1.54, 1.807) is 12.1 Å². The molecule has 178 valence electrons. The molecule has 0 saturated heterocycles. The van der Waals surface area contributed by atoms with Gasteiger partial charge >= 0.3 is 16.2 Å². The minimum Gasteiger partial charge on any atom is -0.423 e. The molecule has 32 heavy (non-hydrogen) atoms. The summed E-state index contributed by atoms with van der Waals surface area (Å²) in [5.41, 5.74) is 1.33. The number of unbranched alkanes of at least 4 members (excludes halogenated alkanes) is 1. The minimum atomic E-state index is -9.75. The number of hydrogen-bond donors (Lipinski definition) is 0. The van der Waals surface area contributed by atoms with Crippen LogP contribution in [-0.4, -0.2) is 18.7 Å². The van der Waals surface area contributed by atoms with Gasteiger partial charge in [-0.2, -0.15) is 0 Å². The van der Waals surface area contributed by atoms with Gasteiger partial charge in [-0.25, -0.2) is 4.79 Å². The van der Waals surface area contributed by atoms with Crippen LogP contribution in [0.1, 0.15) is 67.3 Å². The molecule has 1 saturated carbocycles. The molecule has 1 fully saturated rings. The van der Waals surface area contributed by atoms with Crippen molar-refractivity contribution in [2.75, 3.05) is 6.61 Å². The summed E-state index contributed by atoms with van der Waals surface area (Å²) < 4.78 is 74.8. The van der Waals surface area contributed by atoms with Crippen LogP contribution in [0.2, 0.25) is 0 Å². The van der Waals surface area contributed by atoms with Crippen molar-refractivity contribution in [1.29, 1.82) is 0 Å². The molecule has 0 heterocycles. The Balaban J connectivity index is 1.56. The molecule has 1 aliphatic carbocycles. The van der Waals surface area contributed by atoms with E-state index in [1.165, 1.54) is 0 Å². The summed E-state index contributed by atoms with van der Waals surface area (Å²) in [4.78, 5) is 10.2. The van der Waals surface area contributed by atoms with Gasteiger partial charge in [0.25, 0.3) is 0 Å². The van der Waals surface area contributed by atoms with Gasteiger partial charge in [0.1, 0.15) is 10.6 Å². The number of rotatable bonds is 8. The van der Waals surface area contributed by atoms with E-state index in [0.717, 1.165) is 50.7 Å². The van der Waals surface area contributed by atoms with E-state index in [9.17, 15) is 24.2 Å². The third-order valence-corrected chi connectivity index (χ3v) is 6.79. The lowest BCUT2D eigenvalue weighted by Gasteiger charge is -2.40. The maximum absolute atomic E-state index is 12.8. The zero-order chi connectivity index (χ0) is 23.5. The second-order valence-corrected chi connectivity index (χ2v) is 10.6. The van der Waals surface area contributed by atoms with E-state index in [4.69, 9.17) is 9.47 Å². The third kappa shape index (κ3) is 6.68. The van der Waals surface area contributed by atoms with E-state index in [1.807, 2.05) is 12.1 Å². The Morgan fingerprint density at radius 2 is 1.50 bits per heavy atom. The summed E-state index contributed by atoms with van der Waals surface area (Å²) >= 11 is 0. The Kier molecular flexibility index (Phi) is 6.64. The quantitative estimate of drug-likeness (QED) is 0.165. The highest BCUT2D eigenvalue weighted by Gasteiger charge is 2.65. The van der Waals surface area contributed by atoms with Crippen molar-refractivity contribution < 1.29 is 33.7 Å². The molecular formula is C23H27F5O3S. The van der Waals surface area contributed by atoms with Crippen LogP contribution in [-0.2, 0) is 4.74 Å². The predicted molar refractivity (Wildman–Crippen MR) is 115 cm³/mol. The molecule has 3 nitrogen and oxygen atoms in total. The van der Waals surface area contributed by atoms with Gasteiger partial charge in [0.15, 0.2) is 0 Å². The first kappa shape index (κ1) is 24.5. The van der Waals surface area contributed by atoms with Crippen molar-refractivity contribution in [3.8, 4) is 5.75 Å². The molecule has 0 bridgehead atoms. The van der Waals surface area contributed by atoms with Crippen LogP contribution in [0.3, 0.4) is 0 Å². The number of esters is 1. The maximum atomic E-state index is 12.8. The van der Waals surface area contributed by atoms with Crippen molar-refractivity contribution >= 4 is 16.2 Å². The van der Waals surface area contributed by atoms with Crippen LogP contribution in [0.25, 0.3) is 0 Å². The SMILES string of the molecule is CCCCOC1CCC(c2ccc(C(=O)Oc3ccc(S(F)(F)(F)(F)F)cc3)cc2)CC1. The van der Waals surface area contributed by atoms with Crippen LogP contribution < -0.4 is 4.74 Å². The maximum Gasteiger partial charge on any atom is 0.343 e. The number of carbonyl (C=O) groups excluding carboxylic acids is 1. The largest absolute Gasteiger partial charge is 0.423 e. The first-order valence-corrected chi connectivity index (χ1v) is 12.6. The summed E-state index contributed by atoms with van der Waals surface area (Å²) in [6.07, 6.45) is 6.47. The standard InChI is InChI=1S/C23H27F5O3S/c1-2-3-16-30-20-10-8-18(9-11-20)17-4-6-19(7-5-17)23(29)31-21-12-14-22(15-13-21)32(24,25,26,27)28/h4-7,12-15,18,20H,2-3,8-11,16H2,1H3. The Morgan fingerprint density at radius 3 is 2.03 bits per heavy atom. The highest BCUT2D eigenvalue weighted by molar-refractivity contribution is 8.45. The first-order chi connectivity index (χ1) is 14.9. The molecule has 0 aromatic heterocycles. The monoisotopic (exact) mass is 478 g/mol. The van der Waals surface area contributed by atoms with Crippen LogP contribution >= 0.6 is 10.2 Å². The van der Waals surface area contributed by atoms with Gasteiger partial charge < -0.3 is 9.47 Å². The fraction of sp³-hybridized carbons (Fsp3) is 0.435. The lowest BCUT2D eigenvalue weighted by Crippen LogP contribution is -2.21. The van der Waals surface area contributed by atoms with Crippen LogP contribution in [0.5, 0.6) is 5.75 Å². The first-order valence-electron chi connectivity index (χ1n) is 10.6. The van der Waals surface area contributed by atoms with Gasteiger partial charge in [-0.3, -0.25) is 0 Å². The number of ether oxygens (including phenoxy) is 2. The molecule has 0 N–H and O–H groups in total. The number of halogens is 5. The van der Waals surface area contributed by atoms with E-state index in [2.05, 4.69) is 6.92 Å². The van der Waals surface area contributed by atoms with Crippen molar-refractivity contribution in [3.63, 3.8) is 0 Å². The average molecular weight is 479 g/mol. The van der Waals surface area contributed by atoms with Gasteiger partial charge in [0.05, 0.1) is 11.7 Å². The highest BCUT2D eigenvalue weighted by Crippen LogP contribution is 3.02. The van der Waals surface area contributed by atoms with Gasteiger partial charge in [-0.15, -0.1) is 0 Å². The Morgan fingerprint density at radius 1 is 0.906 bits per heavy atom. The summed E-state index contributed by atoms with van der Waals surface area (Å²) in [6.45, 7) is 2.93. The summed E-state index contributed by atoms with van der Waals surface area (Å²) in [5, 5.41) is 0. The third-order valence-electron chi connectivity index (χ3n) is 5.62. The summed E-state index contributed by atoms with van der Waals surface area (Å²) in [7, 11) is -9.75. The number of hydrogen-bond acceptors (Lipinski definition) is 3. The second kappa shape index (κ2) is 8.67. The minimum absolute atomic E-state index is 0.218. The molecule has 0 spiro atoms. The predicted octanol–water partition coefficient (Wildman–Crippen LogP) is 8.41. The zero-order valence-corrected chi connectivity index (χ0v) is 18.6. The Labute approximate surface area is 184 Å². The highest BCUT2D eigenvalue weighted by atomic mass is 32.5. The van der Waals surface area contributed by atoms with E-state index in [0.29, 0.717) is 24.2 Å². The zero-order valence-electron chi connectivity index (χ0n) is 17.7. The topological polar surface area (TPSA) is 35.5 Å². The molecule has 3 rings (SSSR count). The van der Waals surface area contributed by atoms with E-state index in [-0.39, 0.29) is 23.4 Å². The smallest absolute Gasteiger partial charge is 0.343 e. The van der Waals surface area contributed by atoms with E-state index < -0.39 is 21.1 Å². The molecule has 0 unspecified atom stereocenters. The van der Waals surface area contributed by atoms with Crippen LogP contribution in [0.15, 0.2) is 53.4 Å². The molecule has 9 heteroatoms. The molecule has 0 aliphatic heterocycles. The number of carbonyl (C=O) groups is 1. The van der Waals surface area contributed by atoms with E-state index >= 15 is 0 Å². The summed E-state index contributed by atoms with van der Waals surface area (Å²) in [6, 6.07) is 8.74. The lowest BCUT2D eigenvalue weighted by molar-refractivity contribution is 0.0232. The van der Waals surface area contributed by atoms with Crippen molar-refractivity contribution in [3.05, 3.63) is 59.7 Å². The van der Waals surface area contributed by atoms with Crippen molar-refractivity contribution in [2.45, 2.75) is 62.4 Å². The molecule has 0 atom stereocenters. The van der Waals surface area contributed by atoms with Gasteiger partial charge in [0, 0.05) is 6.61 Å². The lowest BCUT2D eigenvalue weighted by atomic mass is 9.82. The average Bonchev–Trinajstić information content (AvgIpc) is 2.73. The van der Waals surface area contributed by atoms with Gasteiger partial charge in [-0.05, 0) is 80.0 Å². The Hall–Kier alpha value is -2.13. The van der Waals surface area contributed by atoms with Crippen LogP contribution in [0.4, 0.5) is 19.4 Å². The molecule has 2 aromatic carbocycles. The van der Waals surface area contributed by atoms with Gasteiger partial charge in [-0.1, -0.05) is 44.9 Å².